The summed E-state index contributed by atoms with van der Waals surface area (Å²) < 4.78 is 5.82. The molecule has 3 nitrogen and oxygen atoms in total. The van der Waals surface area contributed by atoms with Crippen molar-refractivity contribution in [1.82, 2.24) is 4.98 Å². The van der Waals surface area contributed by atoms with E-state index < -0.39 is 0 Å². The number of nitrogens with zero attached hydrogens (tertiary/aromatic N) is 1. The number of hydrogen-bond donors (Lipinski definition) is 1. The van der Waals surface area contributed by atoms with Crippen LogP contribution in [0, 0.1) is 13.8 Å². The molecule has 1 heterocycles. The second-order valence-electron chi connectivity index (χ2n) is 6.21. The van der Waals surface area contributed by atoms with E-state index in [2.05, 4.69) is 31.8 Å². The molecule has 0 spiro atoms. The van der Waals surface area contributed by atoms with Crippen molar-refractivity contribution in [3.8, 4) is 11.6 Å². The lowest BCUT2D eigenvalue weighted by atomic mass is 9.88. The molecule has 0 amide bonds. The molecule has 0 unspecified atom stereocenters. The summed E-state index contributed by atoms with van der Waals surface area (Å²) in [5, 5.41) is 0. The molecule has 0 saturated heterocycles. The van der Waals surface area contributed by atoms with Crippen LogP contribution in [-0.4, -0.2) is 4.98 Å². The van der Waals surface area contributed by atoms with E-state index in [1.807, 2.05) is 38.2 Å². The zero-order valence-electron chi connectivity index (χ0n) is 12.8. The van der Waals surface area contributed by atoms with Crippen molar-refractivity contribution in [3.05, 3.63) is 47.2 Å². The molecule has 2 aromatic rings. The summed E-state index contributed by atoms with van der Waals surface area (Å²) in [6.07, 6.45) is 1.86. The number of aromatic nitrogens is 1. The molecule has 1 aromatic heterocycles. The molecule has 0 aliphatic rings. The fraction of sp³-hybridized carbons (Fsp3) is 0.353. The summed E-state index contributed by atoms with van der Waals surface area (Å²) in [4.78, 5) is 4.37. The van der Waals surface area contributed by atoms with Crippen LogP contribution < -0.4 is 10.5 Å². The van der Waals surface area contributed by atoms with E-state index in [-0.39, 0.29) is 5.41 Å². The van der Waals surface area contributed by atoms with E-state index in [1.165, 1.54) is 5.56 Å². The van der Waals surface area contributed by atoms with Gasteiger partial charge in [0.05, 0.1) is 0 Å². The van der Waals surface area contributed by atoms with E-state index in [4.69, 9.17) is 10.5 Å². The zero-order valence-corrected chi connectivity index (χ0v) is 12.8. The largest absolute Gasteiger partial charge is 0.439 e. The Labute approximate surface area is 120 Å². The van der Waals surface area contributed by atoms with Crippen molar-refractivity contribution < 1.29 is 4.74 Å². The van der Waals surface area contributed by atoms with Crippen LogP contribution in [0.25, 0.3) is 0 Å². The topological polar surface area (TPSA) is 48.1 Å². The molecule has 2 N–H and O–H groups in total. The van der Waals surface area contributed by atoms with Gasteiger partial charge in [-0.1, -0.05) is 32.9 Å². The third kappa shape index (κ3) is 3.10. The normalized spacial score (nSPS) is 11.4. The third-order valence-corrected chi connectivity index (χ3v) is 3.38. The van der Waals surface area contributed by atoms with Crippen LogP contribution in [0.1, 0.15) is 37.5 Å². The molecule has 3 heteroatoms. The molecule has 0 aliphatic heterocycles. The molecular formula is C17H22N2O. The van der Waals surface area contributed by atoms with Crippen LogP contribution in [0.3, 0.4) is 0 Å². The van der Waals surface area contributed by atoms with Crippen LogP contribution >= 0.6 is 0 Å². The maximum Gasteiger partial charge on any atom is 0.219 e. The first-order chi connectivity index (χ1) is 9.27. The number of hydrogen-bond acceptors (Lipinski definition) is 3. The minimum atomic E-state index is 0.0930. The summed E-state index contributed by atoms with van der Waals surface area (Å²) in [5.74, 6) is 1.34. The Morgan fingerprint density at radius 3 is 2.30 bits per heavy atom. The monoisotopic (exact) mass is 270 g/mol. The van der Waals surface area contributed by atoms with Crippen molar-refractivity contribution >= 4 is 5.69 Å². The number of nitrogens with two attached hydrogens (primary N) is 1. The van der Waals surface area contributed by atoms with Gasteiger partial charge in [-0.2, -0.15) is 0 Å². The van der Waals surface area contributed by atoms with Gasteiger partial charge in [0.1, 0.15) is 5.75 Å². The van der Waals surface area contributed by atoms with Crippen molar-refractivity contribution in [3.63, 3.8) is 0 Å². The van der Waals surface area contributed by atoms with Gasteiger partial charge in [-0.3, -0.25) is 0 Å². The lowest BCUT2D eigenvalue weighted by Gasteiger charge is -2.18. The smallest absolute Gasteiger partial charge is 0.219 e. The number of rotatable bonds is 2. The maximum absolute atomic E-state index is 5.92. The van der Waals surface area contributed by atoms with E-state index >= 15 is 0 Å². The highest BCUT2D eigenvalue weighted by molar-refractivity contribution is 5.54. The second-order valence-corrected chi connectivity index (χ2v) is 6.21. The van der Waals surface area contributed by atoms with Crippen molar-refractivity contribution in [2.45, 2.75) is 40.0 Å². The van der Waals surface area contributed by atoms with Gasteiger partial charge in [-0.25, -0.2) is 4.98 Å². The lowest BCUT2D eigenvalue weighted by molar-refractivity contribution is 0.457. The molecule has 1 aromatic carbocycles. The Morgan fingerprint density at radius 1 is 1.05 bits per heavy atom. The first kappa shape index (κ1) is 14.4. The predicted octanol–water partition coefficient (Wildman–Crippen LogP) is 4.37. The van der Waals surface area contributed by atoms with Gasteiger partial charge in [-0.05, 0) is 36.0 Å². The SMILES string of the molecule is Cc1cc(C)c(Oc2ccc(C(C)(C)C)cn2)cc1N. The van der Waals surface area contributed by atoms with Gasteiger partial charge < -0.3 is 10.5 Å². The summed E-state index contributed by atoms with van der Waals surface area (Å²) in [7, 11) is 0. The third-order valence-electron chi connectivity index (χ3n) is 3.38. The molecule has 0 bridgehead atoms. The van der Waals surface area contributed by atoms with Crippen molar-refractivity contribution in [1.29, 1.82) is 0 Å². The van der Waals surface area contributed by atoms with E-state index in [0.717, 1.165) is 22.6 Å². The number of benzene rings is 1. The first-order valence-corrected chi connectivity index (χ1v) is 6.78. The van der Waals surface area contributed by atoms with Gasteiger partial charge >= 0.3 is 0 Å². The highest BCUT2D eigenvalue weighted by Gasteiger charge is 2.14. The van der Waals surface area contributed by atoms with E-state index in [9.17, 15) is 0 Å². The Hall–Kier alpha value is -2.03. The van der Waals surface area contributed by atoms with Crippen LogP contribution in [0.4, 0.5) is 5.69 Å². The molecule has 0 radical (unpaired) electrons. The Bertz CT molecular complexity index is 610. The average Bonchev–Trinajstić information content (AvgIpc) is 2.35. The quantitative estimate of drug-likeness (QED) is 0.824. The number of aryl methyl sites for hydroxylation is 2. The van der Waals surface area contributed by atoms with Crippen LogP contribution in [0.15, 0.2) is 30.5 Å². The van der Waals surface area contributed by atoms with Crippen LogP contribution in [0.5, 0.6) is 11.6 Å². The number of anilines is 1. The lowest BCUT2D eigenvalue weighted by Crippen LogP contribution is -2.11. The molecule has 0 fully saturated rings. The highest BCUT2D eigenvalue weighted by atomic mass is 16.5. The van der Waals surface area contributed by atoms with Gasteiger partial charge in [0, 0.05) is 24.0 Å². The number of pyridine rings is 1. The van der Waals surface area contributed by atoms with Gasteiger partial charge in [0.15, 0.2) is 0 Å². The Morgan fingerprint density at radius 2 is 1.75 bits per heavy atom. The highest BCUT2D eigenvalue weighted by Crippen LogP contribution is 2.29. The van der Waals surface area contributed by atoms with Gasteiger partial charge in [0.2, 0.25) is 5.88 Å². The van der Waals surface area contributed by atoms with Crippen molar-refractivity contribution in [2.24, 2.45) is 0 Å². The Balaban J connectivity index is 2.25. The van der Waals surface area contributed by atoms with Gasteiger partial charge in [-0.15, -0.1) is 0 Å². The summed E-state index contributed by atoms with van der Waals surface area (Å²) in [5.41, 5.74) is 10.1. The molecule has 20 heavy (non-hydrogen) atoms. The second kappa shape index (κ2) is 5.16. The first-order valence-electron chi connectivity index (χ1n) is 6.78. The molecule has 0 saturated carbocycles. The molecule has 0 atom stereocenters. The number of ether oxygens (including phenoxy) is 1. The maximum atomic E-state index is 5.92. The van der Waals surface area contributed by atoms with Gasteiger partial charge in [0.25, 0.3) is 0 Å². The summed E-state index contributed by atoms with van der Waals surface area (Å²) in [6, 6.07) is 7.82. The van der Waals surface area contributed by atoms with Crippen LogP contribution in [0.2, 0.25) is 0 Å². The minimum absolute atomic E-state index is 0.0930. The van der Waals surface area contributed by atoms with Crippen molar-refractivity contribution in [2.75, 3.05) is 5.73 Å². The number of nitrogen functional groups attached to an aromatic ring is 1. The fourth-order valence-electron chi connectivity index (χ4n) is 1.96. The predicted molar refractivity (Wildman–Crippen MR) is 83.3 cm³/mol. The van der Waals surface area contributed by atoms with Crippen LogP contribution in [-0.2, 0) is 5.41 Å². The summed E-state index contributed by atoms with van der Waals surface area (Å²) in [6.45, 7) is 10.5. The summed E-state index contributed by atoms with van der Waals surface area (Å²) >= 11 is 0. The molecule has 0 aliphatic carbocycles. The Kier molecular flexibility index (Phi) is 3.71. The molecule has 2 rings (SSSR count). The molecular weight excluding hydrogens is 248 g/mol. The average molecular weight is 270 g/mol. The van der Waals surface area contributed by atoms with E-state index in [1.54, 1.807) is 0 Å². The van der Waals surface area contributed by atoms with E-state index in [0.29, 0.717) is 5.88 Å². The minimum Gasteiger partial charge on any atom is -0.439 e. The molecule has 106 valence electrons. The fourth-order valence-corrected chi connectivity index (χ4v) is 1.96. The zero-order chi connectivity index (χ0) is 14.9. The standard InChI is InChI=1S/C17H22N2O/c1-11-8-12(2)15(9-14(11)18)20-16-7-6-13(10-19-16)17(3,4)5/h6-10H,18H2,1-5H3.